The molecule has 0 aliphatic rings. The van der Waals surface area contributed by atoms with Crippen LogP contribution in [0, 0.1) is 5.82 Å². The number of hydrogen-bond donors (Lipinski definition) is 0. The summed E-state index contributed by atoms with van der Waals surface area (Å²) in [4.78, 5) is 0. The maximum atomic E-state index is 13.4. The zero-order chi connectivity index (χ0) is 10.7. The van der Waals surface area contributed by atoms with Gasteiger partial charge >= 0.3 is 0 Å². The van der Waals surface area contributed by atoms with E-state index in [-0.39, 0.29) is 11.6 Å². The van der Waals surface area contributed by atoms with Gasteiger partial charge in [0.15, 0.2) is 11.6 Å². The van der Waals surface area contributed by atoms with Crippen molar-refractivity contribution in [2.24, 2.45) is 0 Å². The maximum Gasteiger partial charge on any atom is 0.165 e. The van der Waals surface area contributed by atoms with Gasteiger partial charge in [0.1, 0.15) is 0 Å². The van der Waals surface area contributed by atoms with Gasteiger partial charge in [-0.2, -0.15) is 0 Å². The minimum Gasteiger partial charge on any atom is -0.494 e. The van der Waals surface area contributed by atoms with Crippen LogP contribution in [0.25, 0.3) is 11.1 Å². The zero-order valence-electron chi connectivity index (χ0n) is 8.41. The van der Waals surface area contributed by atoms with E-state index in [0.29, 0.717) is 0 Å². The van der Waals surface area contributed by atoms with Gasteiger partial charge in [-0.25, -0.2) is 4.39 Å². The highest BCUT2D eigenvalue weighted by molar-refractivity contribution is 5.64. The smallest absolute Gasteiger partial charge is 0.165 e. The first-order valence-electron chi connectivity index (χ1n) is 4.70. The topological polar surface area (TPSA) is 9.23 Å². The van der Waals surface area contributed by atoms with E-state index >= 15 is 0 Å². The monoisotopic (exact) mass is 202 g/mol. The Labute approximate surface area is 88.1 Å². The molecule has 0 atom stereocenters. The molecule has 0 saturated heterocycles. The molecule has 0 saturated carbocycles. The molecule has 0 aromatic heterocycles. The number of hydrogen-bond acceptors (Lipinski definition) is 1. The van der Waals surface area contributed by atoms with Crippen LogP contribution in [0.4, 0.5) is 4.39 Å². The Morgan fingerprint density at radius 3 is 2.27 bits per heavy atom. The van der Waals surface area contributed by atoms with E-state index in [1.807, 2.05) is 36.4 Å². The van der Waals surface area contributed by atoms with Crippen LogP contribution in [0.3, 0.4) is 0 Å². The van der Waals surface area contributed by atoms with E-state index in [2.05, 4.69) is 0 Å². The fraction of sp³-hybridized carbons (Fsp3) is 0.0769. The van der Waals surface area contributed by atoms with Gasteiger partial charge in [0.05, 0.1) is 7.11 Å². The lowest BCUT2D eigenvalue weighted by Crippen LogP contribution is -1.88. The van der Waals surface area contributed by atoms with Gasteiger partial charge in [-0.15, -0.1) is 0 Å². The molecule has 2 aromatic carbocycles. The molecular formula is C13H11FO. The second-order valence-electron chi connectivity index (χ2n) is 3.22. The predicted molar refractivity (Wildman–Crippen MR) is 58.4 cm³/mol. The van der Waals surface area contributed by atoms with Gasteiger partial charge in [-0.3, -0.25) is 0 Å². The normalized spacial score (nSPS) is 10.0. The van der Waals surface area contributed by atoms with Crippen LogP contribution in [0.5, 0.6) is 5.75 Å². The molecule has 76 valence electrons. The lowest BCUT2D eigenvalue weighted by molar-refractivity contribution is 0.386. The Balaban J connectivity index is 2.43. The third-order valence-corrected chi connectivity index (χ3v) is 2.26. The van der Waals surface area contributed by atoms with E-state index < -0.39 is 0 Å². The number of halogens is 1. The SMILES string of the molecule is COc1ccc(-c2ccccc2)cc1F. The average molecular weight is 202 g/mol. The van der Waals surface area contributed by atoms with Crippen LogP contribution in [0.15, 0.2) is 48.5 Å². The fourth-order valence-electron chi connectivity index (χ4n) is 1.48. The van der Waals surface area contributed by atoms with Crippen LogP contribution in [-0.4, -0.2) is 7.11 Å². The van der Waals surface area contributed by atoms with Crippen molar-refractivity contribution in [3.05, 3.63) is 54.3 Å². The molecule has 15 heavy (non-hydrogen) atoms. The fourth-order valence-corrected chi connectivity index (χ4v) is 1.48. The first-order chi connectivity index (χ1) is 7.31. The molecule has 0 bridgehead atoms. The van der Waals surface area contributed by atoms with Gasteiger partial charge in [-0.1, -0.05) is 36.4 Å². The molecule has 0 amide bonds. The van der Waals surface area contributed by atoms with Gasteiger partial charge in [0, 0.05) is 0 Å². The average Bonchev–Trinajstić information content (AvgIpc) is 2.30. The van der Waals surface area contributed by atoms with E-state index in [9.17, 15) is 4.39 Å². The van der Waals surface area contributed by atoms with Crippen molar-refractivity contribution in [2.45, 2.75) is 0 Å². The summed E-state index contributed by atoms with van der Waals surface area (Å²) >= 11 is 0. The number of methoxy groups -OCH3 is 1. The minimum absolute atomic E-state index is 0.273. The van der Waals surface area contributed by atoms with Gasteiger partial charge < -0.3 is 4.74 Å². The second kappa shape index (κ2) is 4.13. The molecule has 0 heterocycles. The Morgan fingerprint density at radius 2 is 1.67 bits per heavy atom. The summed E-state index contributed by atoms with van der Waals surface area (Å²) in [6.07, 6.45) is 0. The number of benzene rings is 2. The lowest BCUT2D eigenvalue weighted by atomic mass is 10.1. The highest BCUT2D eigenvalue weighted by Crippen LogP contribution is 2.24. The van der Waals surface area contributed by atoms with Crippen molar-refractivity contribution in [3.8, 4) is 16.9 Å². The molecule has 0 spiro atoms. The highest BCUT2D eigenvalue weighted by Gasteiger charge is 2.04. The molecule has 1 nitrogen and oxygen atoms in total. The van der Waals surface area contributed by atoms with Crippen molar-refractivity contribution < 1.29 is 9.13 Å². The Kier molecular flexibility index (Phi) is 2.68. The summed E-state index contributed by atoms with van der Waals surface area (Å²) in [6, 6.07) is 14.6. The van der Waals surface area contributed by atoms with Crippen molar-refractivity contribution in [2.75, 3.05) is 7.11 Å². The lowest BCUT2D eigenvalue weighted by Gasteiger charge is -2.04. The standard InChI is InChI=1S/C13H11FO/c1-15-13-8-7-11(9-12(13)14)10-5-3-2-4-6-10/h2-9H,1H3. The Morgan fingerprint density at radius 1 is 0.933 bits per heavy atom. The molecular weight excluding hydrogens is 191 g/mol. The van der Waals surface area contributed by atoms with Crippen molar-refractivity contribution >= 4 is 0 Å². The summed E-state index contributed by atoms with van der Waals surface area (Å²) in [5, 5.41) is 0. The Hall–Kier alpha value is -1.83. The van der Waals surface area contributed by atoms with E-state index in [1.54, 1.807) is 6.07 Å². The summed E-state index contributed by atoms with van der Waals surface area (Å²) in [5.41, 5.74) is 1.85. The van der Waals surface area contributed by atoms with Crippen LogP contribution in [0.1, 0.15) is 0 Å². The summed E-state index contributed by atoms with van der Waals surface area (Å²) in [5.74, 6) is -0.0615. The zero-order valence-corrected chi connectivity index (χ0v) is 8.41. The molecule has 0 radical (unpaired) electrons. The minimum atomic E-state index is -0.334. The first kappa shape index (κ1) is 9.71. The molecule has 0 fully saturated rings. The molecule has 0 aliphatic carbocycles. The molecule has 0 aliphatic heterocycles. The molecule has 2 heteroatoms. The highest BCUT2D eigenvalue weighted by atomic mass is 19.1. The van der Waals surface area contributed by atoms with Crippen LogP contribution in [-0.2, 0) is 0 Å². The van der Waals surface area contributed by atoms with Crippen LogP contribution in [0.2, 0.25) is 0 Å². The van der Waals surface area contributed by atoms with Crippen molar-refractivity contribution in [1.82, 2.24) is 0 Å². The molecule has 0 N–H and O–H groups in total. The Bertz CT molecular complexity index is 451. The third-order valence-electron chi connectivity index (χ3n) is 2.26. The van der Waals surface area contributed by atoms with E-state index in [4.69, 9.17) is 4.74 Å². The predicted octanol–water partition coefficient (Wildman–Crippen LogP) is 3.50. The van der Waals surface area contributed by atoms with Crippen molar-refractivity contribution in [3.63, 3.8) is 0 Å². The second-order valence-corrected chi connectivity index (χ2v) is 3.22. The van der Waals surface area contributed by atoms with E-state index in [0.717, 1.165) is 11.1 Å². The van der Waals surface area contributed by atoms with Gasteiger partial charge in [0.25, 0.3) is 0 Å². The van der Waals surface area contributed by atoms with Gasteiger partial charge in [0.2, 0.25) is 0 Å². The largest absolute Gasteiger partial charge is 0.494 e. The number of ether oxygens (including phenoxy) is 1. The summed E-state index contributed by atoms with van der Waals surface area (Å²) in [6.45, 7) is 0. The first-order valence-corrected chi connectivity index (χ1v) is 4.70. The molecule has 2 rings (SSSR count). The van der Waals surface area contributed by atoms with Crippen LogP contribution < -0.4 is 4.74 Å². The molecule has 0 unspecified atom stereocenters. The quantitative estimate of drug-likeness (QED) is 0.724. The van der Waals surface area contributed by atoms with E-state index in [1.165, 1.54) is 13.2 Å². The van der Waals surface area contributed by atoms with Crippen LogP contribution >= 0.6 is 0 Å². The summed E-state index contributed by atoms with van der Waals surface area (Å²) < 4.78 is 18.3. The molecule has 2 aromatic rings. The number of rotatable bonds is 2. The third kappa shape index (κ3) is 1.99. The summed E-state index contributed by atoms with van der Waals surface area (Å²) in [7, 11) is 1.46. The maximum absolute atomic E-state index is 13.4. The van der Waals surface area contributed by atoms with Gasteiger partial charge in [-0.05, 0) is 23.3 Å². The van der Waals surface area contributed by atoms with Crippen molar-refractivity contribution in [1.29, 1.82) is 0 Å².